The molecule has 0 aliphatic heterocycles. The standard InChI is InChI=1S/C24H18Cl2F3N3O5/c1-31-17-7-4-6-16(30-21(34)13-9-14(25)20(33)15(26)10-13)19(17)22(35)32(23(31)36)11-12-5-2-3-8-18(12)37-24(27,28)29/h2-10,21,30,33-34H,11H2,1H3. The number of para-hydroxylation sites is 1. The Balaban J connectivity index is 1.81. The number of phenols is 1. The number of aliphatic hydroxyl groups excluding tert-OH is 1. The van der Waals surface area contributed by atoms with Crippen LogP contribution >= 0.6 is 23.2 Å². The average molecular weight is 556 g/mol. The first kappa shape index (κ1) is 26.4. The zero-order valence-electron chi connectivity index (χ0n) is 18.9. The van der Waals surface area contributed by atoms with Crippen molar-refractivity contribution in [3.8, 4) is 11.5 Å². The molecule has 0 spiro atoms. The van der Waals surface area contributed by atoms with Crippen LogP contribution in [-0.2, 0) is 13.6 Å². The number of halogens is 5. The molecule has 1 heterocycles. The summed E-state index contributed by atoms with van der Waals surface area (Å²) in [5.41, 5.74) is -1.11. The maximum atomic E-state index is 13.5. The molecule has 0 bridgehead atoms. The summed E-state index contributed by atoms with van der Waals surface area (Å²) in [5.74, 6) is -0.913. The fraction of sp³-hybridized carbons (Fsp3) is 0.167. The molecule has 1 unspecified atom stereocenters. The van der Waals surface area contributed by atoms with Gasteiger partial charge in [0.05, 0.1) is 33.2 Å². The molecule has 4 aromatic rings. The lowest BCUT2D eigenvalue weighted by molar-refractivity contribution is -0.274. The Bertz CT molecular complexity index is 1600. The van der Waals surface area contributed by atoms with Gasteiger partial charge in [-0.2, -0.15) is 0 Å². The lowest BCUT2D eigenvalue weighted by atomic mass is 10.1. The van der Waals surface area contributed by atoms with Crippen LogP contribution < -0.4 is 21.3 Å². The van der Waals surface area contributed by atoms with Gasteiger partial charge in [-0.1, -0.05) is 47.5 Å². The van der Waals surface area contributed by atoms with Gasteiger partial charge in [0.15, 0.2) is 12.0 Å². The molecule has 0 saturated heterocycles. The van der Waals surface area contributed by atoms with Crippen LogP contribution in [0.3, 0.4) is 0 Å². The Labute approximate surface area is 216 Å². The number of rotatable bonds is 6. The first-order valence-electron chi connectivity index (χ1n) is 10.6. The largest absolute Gasteiger partial charge is 0.573 e. The molecule has 194 valence electrons. The molecule has 13 heteroatoms. The van der Waals surface area contributed by atoms with Gasteiger partial charge in [0.2, 0.25) is 0 Å². The van der Waals surface area contributed by atoms with E-state index in [9.17, 15) is 33.0 Å². The van der Waals surface area contributed by atoms with Gasteiger partial charge in [0.25, 0.3) is 5.56 Å². The monoisotopic (exact) mass is 555 g/mol. The van der Waals surface area contributed by atoms with E-state index < -0.39 is 36.1 Å². The van der Waals surface area contributed by atoms with E-state index >= 15 is 0 Å². The van der Waals surface area contributed by atoms with Crippen molar-refractivity contribution in [1.82, 2.24) is 9.13 Å². The van der Waals surface area contributed by atoms with E-state index in [0.29, 0.717) is 0 Å². The molecule has 0 aliphatic carbocycles. The number of aryl methyl sites for hydroxylation is 1. The Hall–Kier alpha value is -3.67. The molecule has 3 N–H and O–H groups in total. The van der Waals surface area contributed by atoms with Crippen molar-refractivity contribution in [2.75, 3.05) is 5.32 Å². The van der Waals surface area contributed by atoms with E-state index in [1.54, 1.807) is 6.07 Å². The Kier molecular flexibility index (Phi) is 7.13. The number of hydrogen-bond donors (Lipinski definition) is 3. The van der Waals surface area contributed by atoms with Crippen LogP contribution in [0.25, 0.3) is 10.9 Å². The van der Waals surface area contributed by atoms with Gasteiger partial charge in [-0.05, 0) is 30.3 Å². The summed E-state index contributed by atoms with van der Waals surface area (Å²) in [6.45, 7) is -0.506. The summed E-state index contributed by atoms with van der Waals surface area (Å²) < 4.78 is 44.6. The third-order valence-electron chi connectivity index (χ3n) is 5.55. The highest BCUT2D eigenvalue weighted by atomic mass is 35.5. The van der Waals surface area contributed by atoms with E-state index in [1.807, 2.05) is 0 Å². The number of aromatic hydroxyl groups is 1. The first-order chi connectivity index (χ1) is 17.4. The van der Waals surface area contributed by atoms with Crippen LogP contribution in [0.4, 0.5) is 18.9 Å². The van der Waals surface area contributed by atoms with Gasteiger partial charge in [0, 0.05) is 18.2 Å². The summed E-state index contributed by atoms with van der Waals surface area (Å²) in [6, 6.07) is 12.3. The molecule has 1 aromatic heterocycles. The summed E-state index contributed by atoms with van der Waals surface area (Å²) >= 11 is 11.9. The summed E-state index contributed by atoms with van der Waals surface area (Å²) in [5, 5.41) is 23.0. The molecule has 4 rings (SSSR count). The van der Waals surface area contributed by atoms with Crippen LogP contribution in [0, 0.1) is 0 Å². The number of phenolic OH excluding ortho intramolecular Hbond substituents is 1. The minimum absolute atomic E-state index is 0.00570. The number of nitrogens with one attached hydrogen (secondary N) is 1. The smallest absolute Gasteiger partial charge is 0.505 e. The summed E-state index contributed by atoms with van der Waals surface area (Å²) in [6.07, 6.45) is -6.41. The highest BCUT2D eigenvalue weighted by molar-refractivity contribution is 6.37. The molecular formula is C24H18Cl2F3N3O5. The van der Waals surface area contributed by atoms with Gasteiger partial charge in [-0.15, -0.1) is 13.2 Å². The molecule has 8 nitrogen and oxygen atoms in total. The van der Waals surface area contributed by atoms with Gasteiger partial charge in [0.1, 0.15) is 5.75 Å². The number of aromatic nitrogens is 2. The molecule has 0 amide bonds. The van der Waals surface area contributed by atoms with Crippen molar-refractivity contribution in [1.29, 1.82) is 0 Å². The highest BCUT2D eigenvalue weighted by Gasteiger charge is 2.32. The van der Waals surface area contributed by atoms with E-state index in [1.165, 1.54) is 49.5 Å². The van der Waals surface area contributed by atoms with Crippen molar-refractivity contribution in [2.45, 2.75) is 19.1 Å². The van der Waals surface area contributed by atoms with Crippen LogP contribution in [0.1, 0.15) is 17.4 Å². The van der Waals surface area contributed by atoms with E-state index in [2.05, 4.69) is 10.1 Å². The maximum Gasteiger partial charge on any atom is 0.573 e. The fourth-order valence-corrected chi connectivity index (χ4v) is 4.32. The Morgan fingerprint density at radius 1 is 1.05 bits per heavy atom. The Morgan fingerprint density at radius 3 is 2.35 bits per heavy atom. The number of nitrogens with zero attached hydrogens (tertiary/aromatic N) is 2. The number of hydrogen-bond acceptors (Lipinski definition) is 6. The zero-order chi connectivity index (χ0) is 27.1. The minimum atomic E-state index is -4.97. The molecule has 0 aliphatic rings. The number of anilines is 1. The third kappa shape index (κ3) is 5.38. The molecule has 37 heavy (non-hydrogen) atoms. The molecule has 0 fully saturated rings. The second-order valence-electron chi connectivity index (χ2n) is 7.97. The van der Waals surface area contributed by atoms with Crippen LogP contribution in [-0.4, -0.2) is 25.7 Å². The number of benzene rings is 3. The predicted molar refractivity (Wildman–Crippen MR) is 132 cm³/mol. The normalized spacial score (nSPS) is 12.5. The topological polar surface area (TPSA) is 106 Å². The maximum absolute atomic E-state index is 13.5. The van der Waals surface area contributed by atoms with Gasteiger partial charge in [-0.25, -0.2) is 4.79 Å². The second-order valence-corrected chi connectivity index (χ2v) is 8.78. The summed E-state index contributed by atoms with van der Waals surface area (Å²) in [7, 11) is 1.40. The molecule has 1 atom stereocenters. The molecule has 3 aromatic carbocycles. The van der Waals surface area contributed by atoms with Gasteiger partial charge >= 0.3 is 12.1 Å². The number of ether oxygens (including phenoxy) is 1. The minimum Gasteiger partial charge on any atom is -0.505 e. The first-order valence-corrected chi connectivity index (χ1v) is 11.3. The van der Waals surface area contributed by atoms with Crippen molar-refractivity contribution in [3.63, 3.8) is 0 Å². The van der Waals surface area contributed by atoms with Crippen LogP contribution in [0.2, 0.25) is 10.0 Å². The Morgan fingerprint density at radius 2 is 1.70 bits per heavy atom. The molecular weight excluding hydrogens is 538 g/mol. The number of fused-ring (bicyclic) bond motifs is 1. The average Bonchev–Trinajstić information content (AvgIpc) is 2.83. The van der Waals surface area contributed by atoms with Crippen molar-refractivity contribution in [3.05, 3.63) is 96.6 Å². The van der Waals surface area contributed by atoms with Crippen LogP contribution in [0.5, 0.6) is 11.5 Å². The number of aliphatic hydroxyl groups is 1. The quantitative estimate of drug-likeness (QED) is 0.296. The van der Waals surface area contributed by atoms with Crippen molar-refractivity contribution in [2.24, 2.45) is 7.05 Å². The fourth-order valence-electron chi connectivity index (χ4n) is 3.81. The van der Waals surface area contributed by atoms with Gasteiger partial charge < -0.3 is 20.3 Å². The molecule has 0 radical (unpaired) electrons. The third-order valence-corrected chi connectivity index (χ3v) is 6.13. The zero-order valence-corrected chi connectivity index (χ0v) is 20.4. The van der Waals surface area contributed by atoms with Crippen molar-refractivity contribution >= 4 is 39.8 Å². The van der Waals surface area contributed by atoms with Crippen molar-refractivity contribution < 1.29 is 28.1 Å². The summed E-state index contributed by atoms with van der Waals surface area (Å²) in [4.78, 5) is 26.5. The predicted octanol–water partition coefficient (Wildman–Crippen LogP) is 4.76. The second kappa shape index (κ2) is 10.0. The van der Waals surface area contributed by atoms with E-state index in [-0.39, 0.29) is 43.5 Å². The van der Waals surface area contributed by atoms with Crippen LogP contribution in [0.15, 0.2) is 64.2 Å². The van der Waals surface area contributed by atoms with E-state index in [0.717, 1.165) is 15.2 Å². The lowest BCUT2D eigenvalue weighted by Crippen LogP contribution is -2.39. The highest BCUT2D eigenvalue weighted by Crippen LogP contribution is 2.35. The van der Waals surface area contributed by atoms with E-state index in [4.69, 9.17) is 23.2 Å². The SMILES string of the molecule is Cn1c(=O)n(Cc2ccccc2OC(F)(F)F)c(=O)c2c(NC(O)c3cc(Cl)c(O)c(Cl)c3)cccc21. The van der Waals surface area contributed by atoms with Gasteiger partial charge in [-0.3, -0.25) is 13.9 Å². The number of alkyl halides is 3. The lowest BCUT2D eigenvalue weighted by Gasteiger charge is -2.19. The molecule has 0 saturated carbocycles.